The van der Waals surface area contributed by atoms with Crippen LogP contribution >= 0.6 is 11.3 Å². The molecule has 0 aliphatic carbocycles. The monoisotopic (exact) mass is 324 g/mol. The topological polar surface area (TPSA) is 9.23 Å². The van der Waals surface area contributed by atoms with Gasteiger partial charge in [-0.3, -0.25) is 0 Å². The number of hydrogen-bond donors (Lipinski definition) is 0. The molecule has 1 aromatic heterocycles. The molecule has 0 saturated carbocycles. The van der Waals surface area contributed by atoms with Gasteiger partial charge in [-0.15, -0.1) is 0 Å². The van der Waals surface area contributed by atoms with Gasteiger partial charge in [0.05, 0.1) is 0 Å². The van der Waals surface area contributed by atoms with Crippen molar-refractivity contribution in [1.82, 2.24) is 0 Å². The van der Waals surface area contributed by atoms with Gasteiger partial charge in [-0.25, -0.2) is 0 Å². The van der Waals surface area contributed by atoms with E-state index in [1.54, 1.807) is 11.3 Å². The second-order valence-electron chi connectivity index (χ2n) is 1.70. The molecule has 0 aliphatic rings. The minimum absolute atomic E-state index is 0.775. The zero-order chi connectivity index (χ0) is 7.40. The Morgan fingerprint density at radius 3 is 3.10 bits per heavy atom. The second-order valence-corrected chi connectivity index (χ2v) is 3.98. The van der Waals surface area contributed by atoms with Crippen LogP contribution in [0.5, 0.6) is 0 Å². The van der Waals surface area contributed by atoms with Crippen LogP contribution in [-0.4, -0.2) is 10.7 Å². The third-order valence-electron chi connectivity index (χ3n) is 0.998. The first kappa shape index (κ1) is 8.32. The Balaban J connectivity index is 2.59. The number of hydrogen-bond acceptors (Lipinski definition) is 2. The van der Waals surface area contributed by atoms with Crippen LogP contribution in [0.2, 0.25) is 0 Å². The Morgan fingerprint density at radius 2 is 2.60 bits per heavy atom. The standard InChI is InChI=1S/C7H8OS.W/c1-2-8-6-7-4-3-5-9-7;/h3-5H,2H2,1H3;. The summed E-state index contributed by atoms with van der Waals surface area (Å²) < 4.78 is 6.46. The van der Waals surface area contributed by atoms with Crippen molar-refractivity contribution in [3.8, 4) is 0 Å². The predicted octanol–water partition coefficient (Wildman–Crippen LogP) is 1.81. The molecule has 0 atom stereocenters. The molecule has 1 nitrogen and oxygen atoms in total. The second kappa shape index (κ2) is 4.17. The first-order chi connectivity index (χ1) is 4.84. The van der Waals surface area contributed by atoms with Crippen LogP contribution in [0.1, 0.15) is 11.8 Å². The van der Waals surface area contributed by atoms with Crippen LogP contribution in [-0.2, 0) is 24.1 Å². The Labute approximate surface area is 75.4 Å². The number of rotatable bonds is 3. The van der Waals surface area contributed by atoms with Crippen LogP contribution in [0.25, 0.3) is 0 Å². The van der Waals surface area contributed by atoms with Gasteiger partial charge in [0.25, 0.3) is 0 Å². The van der Waals surface area contributed by atoms with E-state index in [0.717, 1.165) is 10.7 Å². The average molecular weight is 324 g/mol. The van der Waals surface area contributed by atoms with E-state index in [4.69, 9.17) is 4.74 Å². The molecule has 54 valence electrons. The SMILES string of the molecule is CCO[C](=[W])c1cccs1. The molecular formula is C7H8OSW. The van der Waals surface area contributed by atoms with E-state index in [0.29, 0.717) is 0 Å². The van der Waals surface area contributed by atoms with Crippen molar-refractivity contribution < 1.29 is 24.1 Å². The molecule has 0 N–H and O–H groups in total. The van der Waals surface area contributed by atoms with Crippen molar-refractivity contribution in [2.24, 2.45) is 0 Å². The van der Waals surface area contributed by atoms with Gasteiger partial charge in [-0.05, 0) is 0 Å². The van der Waals surface area contributed by atoms with Crippen molar-refractivity contribution in [3.05, 3.63) is 22.4 Å². The molecule has 10 heavy (non-hydrogen) atoms. The summed E-state index contributed by atoms with van der Waals surface area (Å²) in [6, 6.07) is 4.13. The van der Waals surface area contributed by atoms with E-state index in [1.165, 1.54) is 24.2 Å². The molecule has 0 bridgehead atoms. The van der Waals surface area contributed by atoms with Gasteiger partial charge in [0, 0.05) is 0 Å². The molecule has 0 aliphatic heterocycles. The van der Waals surface area contributed by atoms with E-state index in [9.17, 15) is 0 Å². The van der Waals surface area contributed by atoms with Gasteiger partial charge in [0.15, 0.2) is 0 Å². The predicted molar refractivity (Wildman–Crippen MR) is 40.1 cm³/mol. The Morgan fingerprint density at radius 1 is 1.80 bits per heavy atom. The van der Waals surface area contributed by atoms with Crippen LogP contribution < -0.4 is 0 Å². The zero-order valence-electron chi connectivity index (χ0n) is 5.66. The molecule has 0 radical (unpaired) electrons. The summed E-state index contributed by atoms with van der Waals surface area (Å²) in [6.45, 7) is 2.78. The van der Waals surface area contributed by atoms with E-state index in [1.807, 2.05) is 13.0 Å². The van der Waals surface area contributed by atoms with Crippen LogP contribution in [0.15, 0.2) is 17.5 Å². The van der Waals surface area contributed by atoms with Crippen LogP contribution in [0.4, 0.5) is 0 Å². The molecule has 0 amide bonds. The molecule has 1 aromatic rings. The van der Waals surface area contributed by atoms with Crippen molar-refractivity contribution in [3.63, 3.8) is 0 Å². The Bertz CT molecular complexity index is 205. The van der Waals surface area contributed by atoms with E-state index in [-0.39, 0.29) is 0 Å². The molecule has 0 unspecified atom stereocenters. The molecule has 0 spiro atoms. The van der Waals surface area contributed by atoms with Crippen molar-refractivity contribution in [1.29, 1.82) is 0 Å². The van der Waals surface area contributed by atoms with Crippen molar-refractivity contribution >= 4 is 15.4 Å². The zero-order valence-corrected chi connectivity index (χ0v) is 9.41. The van der Waals surface area contributed by atoms with E-state index in [2.05, 4.69) is 11.4 Å². The molecule has 0 fully saturated rings. The van der Waals surface area contributed by atoms with Crippen molar-refractivity contribution in [2.75, 3.05) is 6.61 Å². The van der Waals surface area contributed by atoms with E-state index >= 15 is 0 Å². The summed E-state index contributed by atoms with van der Waals surface area (Å²) in [5, 5.41) is 2.07. The quantitative estimate of drug-likeness (QED) is 0.824. The third-order valence-corrected chi connectivity index (χ3v) is 3.59. The van der Waals surface area contributed by atoms with Gasteiger partial charge < -0.3 is 0 Å². The Kier molecular flexibility index (Phi) is 3.47. The van der Waals surface area contributed by atoms with Crippen LogP contribution in [0.3, 0.4) is 0 Å². The van der Waals surface area contributed by atoms with Gasteiger partial charge in [0.1, 0.15) is 0 Å². The summed E-state index contributed by atoms with van der Waals surface area (Å²) in [6.07, 6.45) is 0. The summed E-state index contributed by atoms with van der Waals surface area (Å²) in [4.78, 5) is 1.26. The van der Waals surface area contributed by atoms with Crippen LogP contribution in [0, 0.1) is 0 Å². The fourth-order valence-electron chi connectivity index (χ4n) is 0.597. The third kappa shape index (κ3) is 2.12. The van der Waals surface area contributed by atoms with Gasteiger partial charge >= 0.3 is 75.4 Å². The molecule has 0 aromatic carbocycles. The normalized spacial score (nSPS) is 9.70. The summed E-state index contributed by atoms with van der Waals surface area (Å²) in [5.74, 6) is 0. The maximum atomic E-state index is 5.35. The van der Waals surface area contributed by atoms with Gasteiger partial charge in [-0.1, -0.05) is 0 Å². The number of ether oxygens (including phenoxy) is 1. The first-order valence-electron chi connectivity index (χ1n) is 3.05. The van der Waals surface area contributed by atoms with Crippen molar-refractivity contribution in [2.45, 2.75) is 6.92 Å². The van der Waals surface area contributed by atoms with Gasteiger partial charge in [-0.2, -0.15) is 0 Å². The maximum absolute atomic E-state index is 5.35. The average Bonchev–Trinajstić information content (AvgIpc) is 2.38. The van der Waals surface area contributed by atoms with E-state index < -0.39 is 0 Å². The summed E-state index contributed by atoms with van der Waals surface area (Å²) in [5.41, 5.74) is 0. The fourth-order valence-corrected chi connectivity index (χ4v) is 2.40. The molecule has 0 saturated heterocycles. The molecule has 1 rings (SSSR count). The summed E-state index contributed by atoms with van der Waals surface area (Å²) >= 11 is 3.13. The fraction of sp³-hybridized carbons (Fsp3) is 0.286. The Hall–Kier alpha value is 0.218. The number of thiophene rings is 1. The van der Waals surface area contributed by atoms with Gasteiger partial charge in [0.2, 0.25) is 0 Å². The summed E-state index contributed by atoms with van der Waals surface area (Å²) in [7, 11) is 0. The first-order valence-corrected chi connectivity index (χ1v) is 5.40. The minimum atomic E-state index is 0.775. The molecule has 1 heterocycles. The molecule has 3 heteroatoms. The molecular weight excluding hydrogens is 316 g/mol.